The molecule has 1 aliphatic rings. The fourth-order valence-corrected chi connectivity index (χ4v) is 2.41. The second-order valence-electron chi connectivity index (χ2n) is 5.16. The van der Waals surface area contributed by atoms with Crippen LogP contribution in [0.2, 0.25) is 0 Å². The number of carbonyl (C=O) groups is 1. The number of hydrogen-bond acceptors (Lipinski definition) is 6. The van der Waals surface area contributed by atoms with Gasteiger partial charge in [0, 0.05) is 32.6 Å². The zero-order chi connectivity index (χ0) is 14.5. The summed E-state index contributed by atoms with van der Waals surface area (Å²) < 4.78 is 5.21. The maximum absolute atomic E-state index is 11.9. The van der Waals surface area contributed by atoms with Crippen LogP contribution in [0.5, 0.6) is 0 Å². The molecule has 0 aromatic carbocycles. The van der Waals surface area contributed by atoms with Gasteiger partial charge >= 0.3 is 0 Å². The van der Waals surface area contributed by atoms with Crippen LogP contribution < -0.4 is 5.73 Å². The summed E-state index contributed by atoms with van der Waals surface area (Å²) in [6.07, 6.45) is 1.31. The Kier molecular flexibility index (Phi) is 5.08. The fraction of sp³-hybridized carbons (Fsp3) is 0.769. The van der Waals surface area contributed by atoms with Crippen molar-refractivity contribution in [2.24, 2.45) is 5.73 Å². The average Bonchev–Trinajstić information content (AvgIpc) is 2.90. The molecule has 2 rings (SSSR count). The van der Waals surface area contributed by atoms with Gasteiger partial charge in [0.25, 0.3) is 0 Å². The van der Waals surface area contributed by atoms with E-state index in [1.165, 1.54) is 0 Å². The summed E-state index contributed by atoms with van der Waals surface area (Å²) in [6, 6.07) is 0.0949. The van der Waals surface area contributed by atoms with Gasteiger partial charge in [0.05, 0.1) is 6.04 Å². The van der Waals surface area contributed by atoms with Crippen molar-refractivity contribution in [1.82, 2.24) is 19.9 Å². The summed E-state index contributed by atoms with van der Waals surface area (Å²) in [5.41, 5.74) is 5.43. The van der Waals surface area contributed by atoms with Crippen molar-refractivity contribution in [3.8, 4) is 0 Å². The van der Waals surface area contributed by atoms with Gasteiger partial charge in [-0.2, -0.15) is 4.98 Å². The molecule has 2 heterocycles. The second kappa shape index (κ2) is 6.81. The molecule has 1 amide bonds. The van der Waals surface area contributed by atoms with Gasteiger partial charge in [0.1, 0.15) is 0 Å². The fourth-order valence-electron chi connectivity index (χ4n) is 2.41. The van der Waals surface area contributed by atoms with E-state index < -0.39 is 0 Å². The number of piperazine rings is 1. The van der Waals surface area contributed by atoms with Crippen LogP contribution in [0.15, 0.2) is 4.52 Å². The molecule has 0 bridgehead atoms. The van der Waals surface area contributed by atoms with Gasteiger partial charge < -0.3 is 15.2 Å². The minimum absolute atomic E-state index is 0.0949. The van der Waals surface area contributed by atoms with Crippen molar-refractivity contribution < 1.29 is 9.32 Å². The van der Waals surface area contributed by atoms with Crippen LogP contribution in [0.4, 0.5) is 0 Å². The molecule has 1 aromatic rings. The Labute approximate surface area is 119 Å². The first-order valence-corrected chi connectivity index (χ1v) is 7.14. The van der Waals surface area contributed by atoms with E-state index in [4.69, 9.17) is 10.3 Å². The third-order valence-electron chi connectivity index (χ3n) is 3.71. The van der Waals surface area contributed by atoms with Crippen LogP contribution >= 0.6 is 0 Å². The Hall–Kier alpha value is -1.47. The van der Waals surface area contributed by atoms with Gasteiger partial charge in [-0.05, 0) is 26.8 Å². The van der Waals surface area contributed by atoms with E-state index in [9.17, 15) is 4.79 Å². The van der Waals surface area contributed by atoms with Crippen molar-refractivity contribution >= 4 is 5.91 Å². The summed E-state index contributed by atoms with van der Waals surface area (Å²) in [5, 5.41) is 3.82. The first-order chi connectivity index (χ1) is 9.61. The van der Waals surface area contributed by atoms with Crippen LogP contribution in [0.3, 0.4) is 0 Å². The molecule has 0 spiro atoms. The lowest BCUT2D eigenvalue weighted by molar-refractivity contribution is -0.133. The van der Waals surface area contributed by atoms with Gasteiger partial charge in [-0.3, -0.25) is 9.69 Å². The summed E-state index contributed by atoms with van der Waals surface area (Å²) >= 11 is 0. The number of hydrogen-bond donors (Lipinski definition) is 1. The number of nitrogens with zero attached hydrogens (tertiary/aromatic N) is 4. The number of aryl methyl sites for hydroxylation is 1. The molecule has 1 fully saturated rings. The van der Waals surface area contributed by atoms with Crippen LogP contribution in [-0.2, 0) is 4.79 Å². The second-order valence-corrected chi connectivity index (χ2v) is 5.16. The van der Waals surface area contributed by atoms with Crippen LogP contribution in [-0.4, -0.2) is 58.6 Å². The van der Waals surface area contributed by atoms with E-state index in [0.29, 0.717) is 24.7 Å². The zero-order valence-corrected chi connectivity index (χ0v) is 12.2. The smallest absolute Gasteiger partial charge is 0.243 e. The third kappa shape index (κ3) is 3.55. The van der Waals surface area contributed by atoms with E-state index in [0.717, 1.165) is 32.6 Å². The van der Waals surface area contributed by atoms with E-state index in [1.807, 2.05) is 11.8 Å². The number of carbonyl (C=O) groups excluding carboxylic acids is 1. The SMILES string of the molecule is Cc1noc(C(C)N2CCN(C(=O)CCCN)CC2)n1. The molecule has 2 N–H and O–H groups in total. The van der Waals surface area contributed by atoms with Crippen molar-refractivity contribution in [2.45, 2.75) is 32.7 Å². The van der Waals surface area contributed by atoms with Gasteiger partial charge in [-0.25, -0.2) is 0 Å². The Morgan fingerprint density at radius 1 is 1.40 bits per heavy atom. The highest BCUT2D eigenvalue weighted by Gasteiger charge is 2.26. The van der Waals surface area contributed by atoms with Crippen LogP contribution in [0.25, 0.3) is 0 Å². The Morgan fingerprint density at radius 2 is 2.10 bits per heavy atom. The summed E-state index contributed by atoms with van der Waals surface area (Å²) in [5.74, 6) is 1.50. The Bertz CT molecular complexity index is 440. The van der Waals surface area contributed by atoms with Crippen molar-refractivity contribution in [2.75, 3.05) is 32.7 Å². The summed E-state index contributed by atoms with van der Waals surface area (Å²) in [4.78, 5) is 20.4. The van der Waals surface area contributed by atoms with Crippen molar-refractivity contribution in [1.29, 1.82) is 0 Å². The van der Waals surface area contributed by atoms with E-state index in [2.05, 4.69) is 22.0 Å². The highest BCUT2D eigenvalue weighted by molar-refractivity contribution is 5.76. The molecule has 0 radical (unpaired) electrons. The Morgan fingerprint density at radius 3 is 2.65 bits per heavy atom. The lowest BCUT2D eigenvalue weighted by atomic mass is 10.2. The first kappa shape index (κ1) is 14.9. The van der Waals surface area contributed by atoms with Gasteiger partial charge in [0.15, 0.2) is 5.82 Å². The summed E-state index contributed by atoms with van der Waals surface area (Å²) in [6.45, 7) is 7.60. The molecule has 0 saturated carbocycles. The lowest BCUT2D eigenvalue weighted by Crippen LogP contribution is -2.49. The molecule has 7 nitrogen and oxygen atoms in total. The van der Waals surface area contributed by atoms with E-state index in [-0.39, 0.29) is 11.9 Å². The highest BCUT2D eigenvalue weighted by atomic mass is 16.5. The molecule has 20 heavy (non-hydrogen) atoms. The normalized spacial score (nSPS) is 18.2. The third-order valence-corrected chi connectivity index (χ3v) is 3.71. The largest absolute Gasteiger partial charge is 0.340 e. The lowest BCUT2D eigenvalue weighted by Gasteiger charge is -2.36. The van der Waals surface area contributed by atoms with E-state index in [1.54, 1.807) is 0 Å². The standard InChI is InChI=1S/C13H23N5O2/c1-10(13-15-11(2)16-20-13)17-6-8-18(9-7-17)12(19)4-3-5-14/h10H,3-9,14H2,1-2H3. The predicted octanol–water partition coefficient (Wildman–Crippen LogP) is 0.322. The highest BCUT2D eigenvalue weighted by Crippen LogP contribution is 2.20. The number of amides is 1. The van der Waals surface area contributed by atoms with Crippen LogP contribution in [0, 0.1) is 6.92 Å². The maximum atomic E-state index is 11.9. The molecular formula is C13H23N5O2. The summed E-state index contributed by atoms with van der Waals surface area (Å²) in [7, 11) is 0. The quantitative estimate of drug-likeness (QED) is 0.836. The van der Waals surface area contributed by atoms with Crippen molar-refractivity contribution in [3.63, 3.8) is 0 Å². The molecule has 1 atom stereocenters. The van der Waals surface area contributed by atoms with Gasteiger partial charge in [0.2, 0.25) is 11.8 Å². The van der Waals surface area contributed by atoms with Gasteiger partial charge in [-0.1, -0.05) is 5.16 Å². The number of aromatic nitrogens is 2. The minimum Gasteiger partial charge on any atom is -0.340 e. The predicted molar refractivity (Wildman–Crippen MR) is 73.9 cm³/mol. The monoisotopic (exact) mass is 281 g/mol. The average molecular weight is 281 g/mol. The maximum Gasteiger partial charge on any atom is 0.243 e. The topological polar surface area (TPSA) is 88.5 Å². The molecule has 1 saturated heterocycles. The molecule has 7 heteroatoms. The molecular weight excluding hydrogens is 258 g/mol. The van der Waals surface area contributed by atoms with Crippen LogP contribution in [0.1, 0.15) is 37.5 Å². The molecule has 112 valence electrons. The zero-order valence-electron chi connectivity index (χ0n) is 12.2. The van der Waals surface area contributed by atoms with Gasteiger partial charge in [-0.15, -0.1) is 0 Å². The number of nitrogens with two attached hydrogens (primary N) is 1. The Balaban J connectivity index is 1.83. The minimum atomic E-state index is 0.0949. The van der Waals surface area contributed by atoms with E-state index >= 15 is 0 Å². The molecule has 0 aliphatic carbocycles. The molecule has 1 aliphatic heterocycles. The first-order valence-electron chi connectivity index (χ1n) is 7.14. The molecule has 1 aromatic heterocycles. The van der Waals surface area contributed by atoms with Crippen molar-refractivity contribution in [3.05, 3.63) is 11.7 Å². The molecule has 1 unspecified atom stereocenters. The number of rotatable bonds is 5.